The third kappa shape index (κ3) is 21.0. The highest BCUT2D eigenvalue weighted by atomic mass is 32.2. The lowest BCUT2D eigenvalue weighted by atomic mass is 9.96. The largest absolute Gasteiger partial charge is 0.480 e. The third-order valence-corrected chi connectivity index (χ3v) is 22.8. The van der Waals surface area contributed by atoms with Gasteiger partial charge in [-0.05, 0) is 107 Å². The van der Waals surface area contributed by atoms with Crippen molar-refractivity contribution < 1.29 is 68.0 Å². The molecule has 10 N–H and O–H groups in total. The number of anilines is 1. The number of ether oxygens (including phenoxy) is 1. The molecule has 0 aliphatic carbocycles. The molecule has 0 aromatic heterocycles. The van der Waals surface area contributed by atoms with Crippen LogP contribution in [0.15, 0.2) is 176 Å². The van der Waals surface area contributed by atoms with Gasteiger partial charge in [0.2, 0.25) is 35.4 Å². The Morgan fingerprint density at radius 3 is 0.990 bits per heavy atom. The van der Waals surface area contributed by atoms with Gasteiger partial charge in [-0.15, -0.1) is 35.3 Å². The van der Waals surface area contributed by atoms with Crippen LogP contribution in [-0.4, -0.2) is 200 Å². The molecule has 104 heavy (non-hydrogen) atoms. The Kier molecular flexibility index (Phi) is 28.6. The number of β-lactam (4-membered cyclic amide) rings is 3. The van der Waals surface area contributed by atoms with E-state index in [0.717, 1.165) is 62.5 Å². The smallest absolute Gasteiger partial charge is 0.338 e. The number of fused-ring (bicyclic) bond motifs is 3. The number of nitrogens with two attached hydrogens (primary N) is 1. The fourth-order valence-electron chi connectivity index (χ4n) is 12.8. The molecule has 6 aliphatic heterocycles. The fourth-order valence-corrected chi connectivity index (χ4v) is 17.7. The lowest BCUT2D eigenvalue weighted by Gasteiger charge is -2.43. The fraction of sp³-hybridized carbons (Fsp3) is 0.403. The minimum Gasteiger partial charge on any atom is -0.480 e. The van der Waals surface area contributed by atoms with E-state index in [1.54, 1.807) is 24.3 Å². The first-order chi connectivity index (χ1) is 49.5. The maximum absolute atomic E-state index is 12.3. The van der Waals surface area contributed by atoms with Crippen molar-refractivity contribution in [1.82, 2.24) is 46.2 Å². The number of carboxylic acids is 3. The van der Waals surface area contributed by atoms with Gasteiger partial charge in [0.15, 0.2) is 0 Å². The van der Waals surface area contributed by atoms with E-state index in [-0.39, 0.29) is 76.8 Å². The van der Waals surface area contributed by atoms with Crippen LogP contribution in [0.4, 0.5) is 5.69 Å². The van der Waals surface area contributed by atoms with Crippen LogP contribution < -0.4 is 32.3 Å². The molecule has 9 atom stereocenters. The molecule has 12 rings (SSSR count). The summed E-state index contributed by atoms with van der Waals surface area (Å²) < 4.78 is 3.45. The molecule has 0 bridgehead atoms. The Hall–Kier alpha value is -9.25. The predicted molar refractivity (Wildman–Crippen MR) is 403 cm³/mol. The quantitative estimate of drug-likeness (QED) is 0.0122. The number of nitrogen functional groups attached to an aromatic ring is 1. The van der Waals surface area contributed by atoms with Gasteiger partial charge in [-0.3, -0.25) is 28.8 Å². The van der Waals surface area contributed by atoms with E-state index in [1.807, 2.05) is 145 Å². The number of carboxylic acid groups (broad SMARTS) is 3. The zero-order valence-electron chi connectivity index (χ0n) is 59.6. The van der Waals surface area contributed by atoms with Crippen LogP contribution >= 0.6 is 35.3 Å². The van der Waals surface area contributed by atoms with Crippen molar-refractivity contribution in [2.45, 2.75) is 154 Å². The molecule has 27 heteroatoms. The Labute approximate surface area is 619 Å². The van der Waals surface area contributed by atoms with Gasteiger partial charge in [0.1, 0.15) is 59.0 Å². The molecule has 6 aromatic rings. The second-order valence-electron chi connectivity index (χ2n) is 27.0. The Morgan fingerprint density at radius 2 is 0.721 bits per heavy atom. The average molecular weight is 1480 g/mol. The van der Waals surface area contributed by atoms with Crippen LogP contribution in [0.1, 0.15) is 93.6 Å². The first-order valence-corrected chi connectivity index (χ1v) is 37.1. The summed E-state index contributed by atoms with van der Waals surface area (Å²) in [5.74, 6) is -4.96. The molecule has 554 valence electrons. The van der Waals surface area contributed by atoms with E-state index < -0.39 is 68.4 Å². The molecule has 0 unspecified atom stereocenters. The standard InChI is InChI=1S/3C16H18N2O4S.C16H20N2.C13H20N2O2/c3*1-16(2)12(15(21)22)18-13(20)11(14(18)23-16)17-10(19)8-9-6-4-3-5-7-9;1-3-7-15(8-4-1)13-17-11-12-18-14-16-9-5-2-6-10-16;1-3-15(4-2)9-10-17-13(16)11-5-7-12(14)8-6-11/h3*3-7,11-12,14H,8H2,1-2H3,(H,17,19)(H,21,22);1-10,17-18H,11-14H2;5-8H,3-4,9-10,14H2,1-2H3/t3*11-,12+,14-;;/m111../s1. The van der Waals surface area contributed by atoms with E-state index in [0.29, 0.717) is 17.9 Å². The number of hydrogen-bond donors (Lipinski definition) is 9. The summed E-state index contributed by atoms with van der Waals surface area (Å²) >= 11 is 4.27. The van der Waals surface area contributed by atoms with Crippen molar-refractivity contribution in [3.05, 3.63) is 209 Å². The number of thioether (sulfide) groups is 3. The number of nitrogens with one attached hydrogen (secondary N) is 5. The number of benzene rings is 6. The number of carbonyl (C=O) groups is 10. The number of hydrogen-bond acceptors (Lipinski definition) is 18. The zero-order chi connectivity index (χ0) is 75.5. The highest BCUT2D eigenvalue weighted by Crippen LogP contribution is 2.53. The van der Waals surface area contributed by atoms with Gasteiger partial charge in [0.05, 0.1) is 24.8 Å². The molecule has 6 fully saturated rings. The lowest BCUT2D eigenvalue weighted by Crippen LogP contribution is -2.70. The van der Waals surface area contributed by atoms with E-state index in [2.05, 4.69) is 93.9 Å². The lowest BCUT2D eigenvalue weighted by molar-refractivity contribution is -0.161. The van der Waals surface area contributed by atoms with Crippen molar-refractivity contribution in [2.24, 2.45) is 0 Å². The third-order valence-electron chi connectivity index (χ3n) is 18.1. The predicted octanol–water partition coefficient (Wildman–Crippen LogP) is 6.92. The van der Waals surface area contributed by atoms with Gasteiger partial charge in [-0.2, -0.15) is 0 Å². The van der Waals surface area contributed by atoms with E-state index in [9.17, 15) is 63.3 Å². The van der Waals surface area contributed by atoms with Crippen molar-refractivity contribution >= 4 is 100 Å². The molecule has 6 amide bonds. The van der Waals surface area contributed by atoms with Crippen molar-refractivity contribution in [3.8, 4) is 0 Å². The Balaban J connectivity index is 0.000000166. The Morgan fingerprint density at radius 1 is 0.442 bits per heavy atom. The molecule has 0 radical (unpaired) electrons. The summed E-state index contributed by atoms with van der Waals surface area (Å²) in [5, 5.41) is 42.2. The average Bonchev–Trinajstić information content (AvgIpc) is 1.60. The molecule has 24 nitrogen and oxygen atoms in total. The summed E-state index contributed by atoms with van der Waals surface area (Å²) in [7, 11) is 0. The first kappa shape index (κ1) is 80.4. The monoisotopic (exact) mass is 1480 g/mol. The Bertz CT molecular complexity index is 3600. The van der Waals surface area contributed by atoms with Crippen LogP contribution in [0, 0.1) is 0 Å². The van der Waals surface area contributed by atoms with E-state index in [4.69, 9.17) is 10.5 Å². The number of carbonyl (C=O) groups excluding carboxylic acids is 7. The normalized spacial score (nSPS) is 22.1. The number of likely N-dealkylation sites (N-methyl/N-ethyl adjacent to an activating group) is 1. The van der Waals surface area contributed by atoms with Gasteiger partial charge in [-0.1, -0.05) is 166 Å². The van der Waals surface area contributed by atoms with Gasteiger partial charge >= 0.3 is 23.9 Å². The molecular formula is C77H94N10O14S3. The minimum absolute atomic E-state index is 0.202. The summed E-state index contributed by atoms with van der Waals surface area (Å²) in [5.41, 5.74) is 12.0. The minimum atomic E-state index is -1.01. The number of aliphatic carboxylic acids is 3. The first-order valence-electron chi connectivity index (χ1n) is 34.5. The van der Waals surface area contributed by atoms with Crippen LogP contribution in [0.2, 0.25) is 0 Å². The highest BCUT2D eigenvalue weighted by molar-refractivity contribution is 8.02. The van der Waals surface area contributed by atoms with Crippen LogP contribution in [0.25, 0.3) is 0 Å². The summed E-state index contributed by atoms with van der Waals surface area (Å²) in [4.78, 5) is 125. The SMILES string of the molecule is CC1(C)S[C@@H]2[C@H](NC(=O)Cc3ccccc3)C(=O)N2[C@H]1C(=O)O.CC1(C)S[C@@H]2[C@H](NC(=O)Cc3ccccc3)C(=O)N2[C@H]1C(=O)O.CC1(C)S[C@@H]2[C@H](NC(=O)Cc3ccccc3)C(=O)N2[C@H]1C(=O)O.CCN(CC)CCOC(=O)c1ccc(N)cc1.c1ccc(CNCCNCc2ccccc2)cc1. The van der Waals surface area contributed by atoms with Crippen molar-refractivity contribution in [1.29, 1.82) is 0 Å². The number of esters is 1. The number of rotatable bonds is 25. The number of amides is 6. The van der Waals surface area contributed by atoms with Gasteiger partial charge in [-0.25, -0.2) is 19.2 Å². The summed E-state index contributed by atoms with van der Waals surface area (Å²) in [6, 6.07) is 51.1. The van der Waals surface area contributed by atoms with Crippen LogP contribution in [0.3, 0.4) is 0 Å². The van der Waals surface area contributed by atoms with E-state index in [1.165, 1.54) is 61.1 Å². The molecule has 0 saturated carbocycles. The zero-order valence-corrected chi connectivity index (χ0v) is 62.1. The van der Waals surface area contributed by atoms with Crippen molar-refractivity contribution in [2.75, 3.05) is 45.1 Å². The van der Waals surface area contributed by atoms with E-state index >= 15 is 0 Å². The highest BCUT2D eigenvalue weighted by Gasteiger charge is 2.66. The summed E-state index contributed by atoms with van der Waals surface area (Å²) in [6.45, 7) is 22.0. The molecular weight excluding hydrogens is 1390 g/mol. The molecule has 6 saturated heterocycles. The summed E-state index contributed by atoms with van der Waals surface area (Å²) in [6.07, 6.45) is 0.606. The van der Waals surface area contributed by atoms with Crippen LogP contribution in [-0.2, 0) is 80.2 Å². The van der Waals surface area contributed by atoms with Gasteiger partial charge in [0.25, 0.3) is 0 Å². The molecule has 6 aromatic carbocycles. The molecule has 0 spiro atoms. The molecule has 6 heterocycles. The van der Waals surface area contributed by atoms with Crippen LogP contribution in [0.5, 0.6) is 0 Å². The maximum atomic E-state index is 12.3. The number of nitrogens with zero attached hydrogens (tertiary/aromatic N) is 4. The van der Waals surface area contributed by atoms with Gasteiger partial charge < -0.3 is 72.0 Å². The van der Waals surface area contributed by atoms with Gasteiger partial charge in [0, 0.05) is 52.7 Å². The second kappa shape index (κ2) is 36.9. The molecule has 6 aliphatic rings. The topological polar surface area (TPSA) is 340 Å². The second-order valence-corrected chi connectivity index (χ2v) is 32.3. The maximum Gasteiger partial charge on any atom is 0.338 e. The van der Waals surface area contributed by atoms with Crippen molar-refractivity contribution in [3.63, 3.8) is 0 Å².